The zero-order valence-electron chi connectivity index (χ0n) is 16.0. The summed E-state index contributed by atoms with van der Waals surface area (Å²) in [4.78, 5) is 2.37. The van der Waals surface area contributed by atoms with E-state index >= 15 is 0 Å². The van der Waals surface area contributed by atoms with E-state index in [4.69, 9.17) is 21.1 Å². The van der Waals surface area contributed by atoms with Crippen molar-refractivity contribution in [1.29, 1.82) is 0 Å². The monoisotopic (exact) mass is 389 g/mol. The molecule has 2 unspecified atom stereocenters. The number of morpholine rings is 1. The van der Waals surface area contributed by atoms with Crippen molar-refractivity contribution in [1.82, 2.24) is 4.90 Å². The second-order valence-corrected chi connectivity index (χ2v) is 7.46. The van der Waals surface area contributed by atoms with Crippen LogP contribution in [0.25, 0.3) is 0 Å². The van der Waals surface area contributed by atoms with Crippen LogP contribution in [0.1, 0.15) is 30.4 Å². The molecule has 2 atom stereocenters. The van der Waals surface area contributed by atoms with Gasteiger partial charge in [-0.3, -0.25) is 4.90 Å². The SMILES string of the molecule is CCC(O)(c1ccc(OC)cc1)C(CN1CCOCC1)c1ccc(Cl)cc1. The van der Waals surface area contributed by atoms with Crippen molar-refractivity contribution in [3.8, 4) is 5.75 Å². The van der Waals surface area contributed by atoms with E-state index in [1.54, 1.807) is 7.11 Å². The lowest BCUT2D eigenvalue weighted by molar-refractivity contribution is -0.0250. The summed E-state index contributed by atoms with van der Waals surface area (Å²) in [5, 5.41) is 12.5. The molecular weight excluding hydrogens is 362 g/mol. The van der Waals surface area contributed by atoms with Crippen LogP contribution in [0.4, 0.5) is 0 Å². The average molecular weight is 390 g/mol. The van der Waals surface area contributed by atoms with Gasteiger partial charge in [0, 0.05) is 30.6 Å². The van der Waals surface area contributed by atoms with E-state index in [1.165, 1.54) is 0 Å². The summed E-state index contributed by atoms with van der Waals surface area (Å²) in [6, 6.07) is 15.6. The maximum atomic E-state index is 11.8. The number of rotatable bonds is 7. The topological polar surface area (TPSA) is 41.9 Å². The maximum Gasteiger partial charge on any atom is 0.118 e. The Morgan fingerprint density at radius 3 is 2.30 bits per heavy atom. The summed E-state index contributed by atoms with van der Waals surface area (Å²) >= 11 is 6.10. The normalized spacial score (nSPS) is 18.7. The van der Waals surface area contributed by atoms with Crippen LogP contribution in [0.2, 0.25) is 5.02 Å². The second kappa shape index (κ2) is 9.07. The molecule has 0 amide bonds. The van der Waals surface area contributed by atoms with Crippen molar-refractivity contribution in [2.75, 3.05) is 40.0 Å². The highest BCUT2D eigenvalue weighted by Gasteiger charge is 2.39. The number of hydrogen-bond acceptors (Lipinski definition) is 4. The average Bonchev–Trinajstić information content (AvgIpc) is 2.73. The molecule has 0 aliphatic carbocycles. The Hall–Kier alpha value is -1.59. The van der Waals surface area contributed by atoms with Crippen molar-refractivity contribution in [3.63, 3.8) is 0 Å². The third-order valence-electron chi connectivity index (χ3n) is 5.52. The molecule has 1 aliphatic heterocycles. The minimum atomic E-state index is -0.988. The largest absolute Gasteiger partial charge is 0.497 e. The van der Waals surface area contributed by atoms with Crippen LogP contribution in [0.3, 0.4) is 0 Å². The fourth-order valence-corrected chi connectivity index (χ4v) is 3.93. The van der Waals surface area contributed by atoms with Crippen LogP contribution in [0, 0.1) is 0 Å². The van der Waals surface area contributed by atoms with Gasteiger partial charge < -0.3 is 14.6 Å². The summed E-state index contributed by atoms with van der Waals surface area (Å²) in [5.74, 6) is 0.708. The predicted molar refractivity (Wildman–Crippen MR) is 109 cm³/mol. The molecule has 0 spiro atoms. The first-order valence-electron chi connectivity index (χ1n) is 9.49. The van der Waals surface area contributed by atoms with Gasteiger partial charge in [-0.05, 0) is 41.8 Å². The maximum absolute atomic E-state index is 11.8. The Labute approximate surface area is 166 Å². The Kier molecular flexibility index (Phi) is 6.77. The number of methoxy groups -OCH3 is 1. The molecule has 1 saturated heterocycles. The first-order chi connectivity index (χ1) is 13.1. The first kappa shape index (κ1) is 20.2. The van der Waals surface area contributed by atoms with Gasteiger partial charge in [0.15, 0.2) is 0 Å². The van der Waals surface area contributed by atoms with Crippen LogP contribution < -0.4 is 4.74 Å². The summed E-state index contributed by atoms with van der Waals surface area (Å²) in [5.41, 5.74) is 1.00. The Bertz CT molecular complexity index is 713. The molecule has 5 heteroatoms. The molecule has 1 aliphatic rings. The third-order valence-corrected chi connectivity index (χ3v) is 5.77. The minimum Gasteiger partial charge on any atom is -0.497 e. The van der Waals surface area contributed by atoms with Gasteiger partial charge in [-0.2, -0.15) is 0 Å². The van der Waals surface area contributed by atoms with Crippen LogP contribution in [-0.2, 0) is 10.3 Å². The van der Waals surface area contributed by atoms with E-state index in [9.17, 15) is 5.11 Å². The lowest BCUT2D eigenvalue weighted by atomic mass is 9.75. The van der Waals surface area contributed by atoms with E-state index in [1.807, 2.05) is 55.5 Å². The molecule has 3 rings (SSSR count). The van der Waals surface area contributed by atoms with Crippen molar-refractivity contribution in [3.05, 3.63) is 64.7 Å². The molecule has 146 valence electrons. The molecule has 27 heavy (non-hydrogen) atoms. The summed E-state index contributed by atoms with van der Waals surface area (Å²) in [7, 11) is 1.65. The number of nitrogens with zero attached hydrogens (tertiary/aromatic N) is 1. The molecule has 0 bridgehead atoms. The van der Waals surface area contributed by atoms with Crippen molar-refractivity contribution in [2.24, 2.45) is 0 Å². The van der Waals surface area contributed by atoms with E-state index in [0.717, 1.165) is 49.7 Å². The lowest BCUT2D eigenvalue weighted by Gasteiger charge is -2.40. The predicted octanol–water partition coefficient (Wildman–Crippen LogP) is 4.06. The Morgan fingerprint density at radius 2 is 1.74 bits per heavy atom. The van der Waals surface area contributed by atoms with E-state index < -0.39 is 5.60 Å². The number of ether oxygens (including phenoxy) is 2. The van der Waals surface area contributed by atoms with Gasteiger partial charge >= 0.3 is 0 Å². The molecule has 0 saturated carbocycles. The zero-order chi connectivity index (χ0) is 19.3. The van der Waals surface area contributed by atoms with Crippen LogP contribution >= 0.6 is 11.6 Å². The highest BCUT2D eigenvalue weighted by Crippen LogP contribution is 2.41. The lowest BCUT2D eigenvalue weighted by Crippen LogP contribution is -2.44. The van der Waals surface area contributed by atoms with Crippen LogP contribution in [0.15, 0.2) is 48.5 Å². The van der Waals surface area contributed by atoms with Crippen molar-refractivity contribution in [2.45, 2.75) is 24.9 Å². The molecule has 1 heterocycles. The van der Waals surface area contributed by atoms with Crippen LogP contribution in [0.5, 0.6) is 5.75 Å². The molecular formula is C22H28ClNO3. The standard InChI is InChI=1S/C22H28ClNO3/c1-3-22(25,18-6-10-20(26-2)11-7-18)21(16-24-12-14-27-15-13-24)17-4-8-19(23)9-5-17/h4-11,21,25H,3,12-16H2,1-2H3. The molecule has 0 radical (unpaired) electrons. The molecule has 2 aromatic rings. The number of aliphatic hydroxyl groups is 1. The Balaban J connectivity index is 1.97. The molecule has 1 N–H and O–H groups in total. The first-order valence-corrected chi connectivity index (χ1v) is 9.87. The Morgan fingerprint density at radius 1 is 1.11 bits per heavy atom. The summed E-state index contributed by atoms with van der Waals surface area (Å²) < 4.78 is 10.8. The molecule has 1 fully saturated rings. The van der Waals surface area contributed by atoms with E-state index in [2.05, 4.69) is 4.90 Å². The highest BCUT2D eigenvalue weighted by atomic mass is 35.5. The number of benzene rings is 2. The van der Waals surface area contributed by atoms with E-state index in [-0.39, 0.29) is 5.92 Å². The van der Waals surface area contributed by atoms with Gasteiger partial charge in [0.25, 0.3) is 0 Å². The van der Waals surface area contributed by atoms with Crippen molar-refractivity contribution >= 4 is 11.6 Å². The van der Waals surface area contributed by atoms with Crippen molar-refractivity contribution < 1.29 is 14.6 Å². The molecule has 0 aromatic heterocycles. The van der Waals surface area contributed by atoms with Gasteiger partial charge in [-0.1, -0.05) is 42.8 Å². The number of hydrogen-bond donors (Lipinski definition) is 1. The third kappa shape index (κ3) is 4.64. The zero-order valence-corrected chi connectivity index (χ0v) is 16.8. The fourth-order valence-electron chi connectivity index (χ4n) is 3.80. The number of halogens is 1. The molecule has 4 nitrogen and oxygen atoms in total. The summed E-state index contributed by atoms with van der Waals surface area (Å²) in [6.45, 7) is 6.04. The van der Waals surface area contributed by atoms with Gasteiger partial charge in [0.2, 0.25) is 0 Å². The van der Waals surface area contributed by atoms with Crippen LogP contribution in [-0.4, -0.2) is 50.0 Å². The van der Waals surface area contributed by atoms with Gasteiger partial charge in [0.05, 0.1) is 25.9 Å². The van der Waals surface area contributed by atoms with Gasteiger partial charge in [-0.15, -0.1) is 0 Å². The molecule has 2 aromatic carbocycles. The van der Waals surface area contributed by atoms with Gasteiger partial charge in [0.1, 0.15) is 5.75 Å². The summed E-state index contributed by atoms with van der Waals surface area (Å²) in [6.07, 6.45) is 0.608. The smallest absolute Gasteiger partial charge is 0.118 e. The fraction of sp³-hybridized carbons (Fsp3) is 0.455. The minimum absolute atomic E-state index is 0.0775. The van der Waals surface area contributed by atoms with Gasteiger partial charge in [-0.25, -0.2) is 0 Å². The second-order valence-electron chi connectivity index (χ2n) is 7.02. The van der Waals surface area contributed by atoms with E-state index in [0.29, 0.717) is 11.4 Å². The quantitative estimate of drug-likeness (QED) is 0.775. The highest BCUT2D eigenvalue weighted by molar-refractivity contribution is 6.30.